The predicted octanol–water partition coefficient (Wildman–Crippen LogP) is -1.25. The summed E-state index contributed by atoms with van der Waals surface area (Å²) in [4.78, 5) is 0. The second-order valence-electron chi connectivity index (χ2n) is 3.30. The molecule has 0 radical (unpaired) electrons. The Bertz CT molecular complexity index is 460. The summed E-state index contributed by atoms with van der Waals surface area (Å²) >= 11 is 0.776. The number of hydrogen-bond acceptors (Lipinski definition) is 8. The minimum Gasteiger partial charge on any atom is -0.389 e. The lowest BCUT2D eigenvalue weighted by Crippen LogP contribution is -2.36. The van der Waals surface area contributed by atoms with Gasteiger partial charge >= 0.3 is 0 Å². The first-order valence-electron chi connectivity index (χ1n) is 4.60. The fourth-order valence-electron chi connectivity index (χ4n) is 1.10. The van der Waals surface area contributed by atoms with Gasteiger partial charge in [-0.15, -0.1) is 10.2 Å². The smallest absolute Gasteiger partial charge is 0.272 e. The van der Waals surface area contributed by atoms with Crippen molar-refractivity contribution in [2.24, 2.45) is 0 Å². The molecule has 0 aliphatic carbocycles. The molecule has 1 rings (SSSR count). The molecule has 0 bridgehead atoms. The Morgan fingerprint density at radius 3 is 2.71 bits per heavy atom. The largest absolute Gasteiger partial charge is 0.389 e. The van der Waals surface area contributed by atoms with Gasteiger partial charge in [0.1, 0.15) is 0 Å². The van der Waals surface area contributed by atoms with Crippen LogP contribution in [0.25, 0.3) is 0 Å². The summed E-state index contributed by atoms with van der Waals surface area (Å²) in [6.07, 6.45) is -0.898. The number of aliphatic hydroxyl groups is 1. The molecule has 0 aromatic carbocycles. The van der Waals surface area contributed by atoms with Crippen molar-refractivity contribution in [3.8, 4) is 0 Å². The van der Waals surface area contributed by atoms with E-state index in [0.717, 1.165) is 15.6 Å². The van der Waals surface area contributed by atoms with Gasteiger partial charge in [-0.1, -0.05) is 11.3 Å². The third kappa shape index (κ3) is 3.57. The van der Waals surface area contributed by atoms with E-state index in [1.807, 2.05) is 0 Å². The van der Waals surface area contributed by atoms with Crippen LogP contribution < -0.4 is 5.73 Å². The van der Waals surface area contributed by atoms with E-state index in [4.69, 9.17) is 10.5 Å². The second-order valence-corrected chi connectivity index (χ2v) is 6.53. The topological polar surface area (TPSA) is 119 Å². The van der Waals surface area contributed by atoms with Crippen molar-refractivity contribution in [2.45, 2.75) is 10.4 Å². The van der Waals surface area contributed by atoms with Crippen LogP contribution in [0, 0.1) is 0 Å². The highest BCUT2D eigenvalue weighted by Crippen LogP contribution is 2.20. The van der Waals surface area contributed by atoms with Crippen LogP contribution in [0.3, 0.4) is 0 Å². The predicted molar refractivity (Wildman–Crippen MR) is 62.0 cm³/mol. The van der Waals surface area contributed by atoms with E-state index in [2.05, 4.69) is 10.2 Å². The number of nitrogen functional groups attached to an aromatic ring is 1. The van der Waals surface area contributed by atoms with Gasteiger partial charge in [0.2, 0.25) is 9.47 Å². The molecule has 0 fully saturated rings. The van der Waals surface area contributed by atoms with Crippen LogP contribution in [0.1, 0.15) is 0 Å². The fraction of sp³-hybridized carbons (Fsp3) is 0.714. The summed E-state index contributed by atoms with van der Waals surface area (Å²) in [6, 6.07) is 0. The molecule has 17 heavy (non-hydrogen) atoms. The number of anilines is 1. The van der Waals surface area contributed by atoms with Gasteiger partial charge in [-0.2, -0.15) is 4.31 Å². The monoisotopic (exact) mass is 282 g/mol. The van der Waals surface area contributed by atoms with Crippen LogP contribution in [0.2, 0.25) is 0 Å². The number of nitrogens with two attached hydrogens (primary N) is 1. The number of methoxy groups -OCH3 is 1. The first kappa shape index (κ1) is 14.3. The summed E-state index contributed by atoms with van der Waals surface area (Å²) in [5, 5.41) is 16.4. The van der Waals surface area contributed by atoms with Gasteiger partial charge in [0.25, 0.3) is 10.0 Å². The third-order valence-corrected chi connectivity index (χ3v) is 4.80. The molecule has 8 nitrogen and oxygen atoms in total. The normalized spacial score (nSPS) is 14.1. The molecule has 10 heteroatoms. The van der Waals surface area contributed by atoms with Crippen molar-refractivity contribution in [3.05, 3.63) is 0 Å². The molecule has 0 saturated carbocycles. The first-order valence-corrected chi connectivity index (χ1v) is 6.86. The van der Waals surface area contributed by atoms with Crippen LogP contribution in [-0.4, -0.2) is 61.4 Å². The zero-order valence-corrected chi connectivity index (χ0v) is 11.0. The van der Waals surface area contributed by atoms with E-state index >= 15 is 0 Å². The summed E-state index contributed by atoms with van der Waals surface area (Å²) in [7, 11) is -0.990. The van der Waals surface area contributed by atoms with Crippen molar-refractivity contribution in [1.82, 2.24) is 14.5 Å². The number of nitrogens with zero attached hydrogens (tertiary/aromatic N) is 3. The quantitative estimate of drug-likeness (QED) is 0.669. The summed E-state index contributed by atoms with van der Waals surface area (Å²) in [5.41, 5.74) is 5.32. The lowest BCUT2D eigenvalue weighted by atomic mass is 10.4. The maximum absolute atomic E-state index is 11.9. The highest BCUT2D eigenvalue weighted by atomic mass is 32.2. The van der Waals surface area contributed by atoms with Gasteiger partial charge in [0, 0.05) is 20.7 Å². The van der Waals surface area contributed by atoms with E-state index < -0.39 is 16.1 Å². The molecule has 0 spiro atoms. The van der Waals surface area contributed by atoms with Gasteiger partial charge in [-0.25, -0.2) is 8.42 Å². The van der Waals surface area contributed by atoms with Gasteiger partial charge in [-0.05, 0) is 0 Å². The Balaban J connectivity index is 2.77. The van der Waals surface area contributed by atoms with Crippen molar-refractivity contribution in [3.63, 3.8) is 0 Å². The van der Waals surface area contributed by atoms with Crippen molar-refractivity contribution in [1.29, 1.82) is 0 Å². The Labute approximate surface area is 103 Å². The van der Waals surface area contributed by atoms with Crippen LogP contribution in [-0.2, 0) is 14.8 Å². The van der Waals surface area contributed by atoms with Crippen molar-refractivity contribution < 1.29 is 18.3 Å². The fourth-order valence-corrected chi connectivity index (χ4v) is 3.28. The second kappa shape index (κ2) is 5.69. The SMILES string of the molecule is COCC(O)CN(C)S(=O)(=O)c1nnc(N)s1. The highest BCUT2D eigenvalue weighted by Gasteiger charge is 2.26. The lowest BCUT2D eigenvalue weighted by molar-refractivity contribution is 0.0554. The van der Waals surface area contributed by atoms with Crippen LogP contribution in [0.15, 0.2) is 4.34 Å². The maximum atomic E-state index is 11.9. The zero-order valence-electron chi connectivity index (χ0n) is 9.40. The minimum absolute atomic E-state index is 0.0537. The number of ether oxygens (including phenoxy) is 1. The van der Waals surface area contributed by atoms with Crippen molar-refractivity contribution in [2.75, 3.05) is 33.0 Å². The Hall–Kier alpha value is -0.810. The summed E-state index contributed by atoms with van der Waals surface area (Å²) in [6.45, 7) is -0.0340. The zero-order chi connectivity index (χ0) is 13.1. The van der Waals surface area contributed by atoms with E-state index in [-0.39, 0.29) is 22.6 Å². The number of rotatable bonds is 6. The molecule has 1 unspecified atom stereocenters. The Morgan fingerprint density at radius 1 is 1.59 bits per heavy atom. The molecule has 1 aromatic heterocycles. The van der Waals surface area contributed by atoms with Gasteiger partial charge in [0.15, 0.2) is 0 Å². The molecule has 3 N–H and O–H groups in total. The van der Waals surface area contributed by atoms with Crippen LogP contribution in [0.5, 0.6) is 0 Å². The number of aliphatic hydroxyl groups excluding tert-OH is 1. The van der Waals surface area contributed by atoms with E-state index in [1.54, 1.807) is 0 Å². The first-order chi connectivity index (χ1) is 7.87. The minimum atomic E-state index is -3.75. The molecule has 0 aliphatic rings. The van der Waals surface area contributed by atoms with E-state index in [9.17, 15) is 13.5 Å². The average molecular weight is 282 g/mol. The number of aromatic nitrogens is 2. The van der Waals surface area contributed by atoms with Gasteiger partial charge in [-0.3, -0.25) is 0 Å². The molecule has 98 valence electrons. The standard InChI is InChI=1S/C7H14N4O4S2/c1-11(3-5(12)4-15-2)17(13,14)7-10-9-6(8)16-7/h5,12H,3-4H2,1-2H3,(H2,8,9). The molecule has 0 saturated heterocycles. The Morgan fingerprint density at radius 2 is 2.24 bits per heavy atom. The number of sulfonamides is 1. The number of hydrogen-bond donors (Lipinski definition) is 2. The molecule has 0 aliphatic heterocycles. The van der Waals surface area contributed by atoms with Crippen LogP contribution in [0.4, 0.5) is 5.13 Å². The molecule has 1 heterocycles. The maximum Gasteiger partial charge on any atom is 0.272 e. The molecule has 0 amide bonds. The summed E-state index contributed by atoms with van der Waals surface area (Å²) < 4.78 is 29.3. The van der Waals surface area contributed by atoms with E-state index in [0.29, 0.717) is 0 Å². The lowest BCUT2D eigenvalue weighted by Gasteiger charge is -2.18. The van der Waals surface area contributed by atoms with Crippen LogP contribution >= 0.6 is 11.3 Å². The molecule has 1 atom stereocenters. The van der Waals surface area contributed by atoms with E-state index in [1.165, 1.54) is 14.2 Å². The average Bonchev–Trinajstić information content (AvgIpc) is 2.65. The molecule has 1 aromatic rings. The van der Waals surface area contributed by atoms with Gasteiger partial charge < -0.3 is 15.6 Å². The Kier molecular flexibility index (Phi) is 4.77. The highest BCUT2D eigenvalue weighted by molar-refractivity contribution is 7.91. The molecular formula is C7H14N4O4S2. The molecular weight excluding hydrogens is 268 g/mol. The van der Waals surface area contributed by atoms with Crippen molar-refractivity contribution >= 4 is 26.5 Å². The van der Waals surface area contributed by atoms with Gasteiger partial charge in [0.05, 0.1) is 12.7 Å². The summed E-state index contributed by atoms with van der Waals surface area (Å²) in [5.74, 6) is 0. The third-order valence-electron chi connectivity index (χ3n) is 1.88. The number of likely N-dealkylation sites (N-methyl/N-ethyl adjacent to an activating group) is 1.